The van der Waals surface area contributed by atoms with Crippen molar-refractivity contribution in [1.29, 1.82) is 0 Å². The van der Waals surface area contributed by atoms with Crippen LogP contribution in [0.2, 0.25) is 0 Å². The molecule has 0 saturated heterocycles. The Morgan fingerprint density at radius 3 is 2.52 bits per heavy atom. The van der Waals surface area contributed by atoms with Crippen LogP contribution in [0.1, 0.15) is 48.5 Å². The molecule has 0 unspecified atom stereocenters. The average Bonchev–Trinajstić information content (AvgIpc) is 3.19. The molecule has 4 rings (SSSR count). The number of aromatic amines is 1. The lowest BCUT2D eigenvalue weighted by molar-refractivity contribution is 0.0826. The van der Waals surface area contributed by atoms with Crippen LogP contribution in [0.15, 0.2) is 34.5 Å². The Kier molecular flexibility index (Phi) is 5.75. The largest absolute Gasteiger partial charge is 0.345 e. The summed E-state index contributed by atoms with van der Waals surface area (Å²) in [4.78, 5) is 28.0. The molecule has 1 aromatic heterocycles. The molecule has 144 valence electrons. The number of nitrogens with one attached hydrogen (secondary N) is 1. The van der Waals surface area contributed by atoms with Crippen molar-refractivity contribution < 1.29 is 9.18 Å². The van der Waals surface area contributed by atoms with Gasteiger partial charge in [0.2, 0.25) is 0 Å². The number of pyridine rings is 1. The van der Waals surface area contributed by atoms with Crippen molar-refractivity contribution in [2.45, 2.75) is 38.0 Å². The molecule has 1 fully saturated rings. The van der Waals surface area contributed by atoms with Gasteiger partial charge >= 0.3 is 0 Å². The van der Waals surface area contributed by atoms with E-state index in [-0.39, 0.29) is 22.3 Å². The van der Waals surface area contributed by atoms with Crippen LogP contribution in [-0.2, 0) is 5.41 Å². The standard InChI is InChI=1S/C17H19FN2O2.C4H6S/c1-17(7-4-8-17)12-6-5-10-9-11(16(22)20(2)3)15(21)19-14(10)13(12)18;1-2-4-5-3-1/h5-6,9H,4,7-8H2,1-3H3,(H,19,21);1,3H,2,4H2. The number of fused-ring (bicyclic) bond motifs is 1. The lowest BCUT2D eigenvalue weighted by Crippen LogP contribution is -2.32. The number of thioether (sulfide) groups is 1. The van der Waals surface area contributed by atoms with Crippen molar-refractivity contribution in [2.24, 2.45) is 0 Å². The van der Waals surface area contributed by atoms with E-state index >= 15 is 0 Å². The van der Waals surface area contributed by atoms with Gasteiger partial charge in [-0.25, -0.2) is 4.39 Å². The topological polar surface area (TPSA) is 53.2 Å². The first-order chi connectivity index (χ1) is 12.8. The molecule has 27 heavy (non-hydrogen) atoms. The molecular weight excluding hydrogens is 363 g/mol. The fourth-order valence-electron chi connectivity index (χ4n) is 3.42. The molecule has 1 amide bonds. The van der Waals surface area contributed by atoms with Crippen molar-refractivity contribution >= 4 is 28.6 Å². The second-order valence-electron chi connectivity index (χ2n) is 7.55. The molecule has 0 spiro atoms. The number of nitrogens with zero attached hydrogens (tertiary/aromatic N) is 1. The number of carbonyl (C=O) groups excluding carboxylic acids is 1. The summed E-state index contributed by atoms with van der Waals surface area (Å²) in [5, 5.41) is 2.69. The van der Waals surface area contributed by atoms with E-state index in [1.54, 1.807) is 26.2 Å². The van der Waals surface area contributed by atoms with Gasteiger partial charge in [0, 0.05) is 25.2 Å². The van der Waals surface area contributed by atoms with Crippen LogP contribution in [0.4, 0.5) is 4.39 Å². The normalized spacial score (nSPS) is 17.2. The number of aromatic nitrogens is 1. The Morgan fingerprint density at radius 2 is 2.04 bits per heavy atom. The Hall–Kier alpha value is -2.08. The number of hydrogen-bond donors (Lipinski definition) is 1. The summed E-state index contributed by atoms with van der Waals surface area (Å²) in [6.45, 7) is 2.04. The van der Waals surface area contributed by atoms with Crippen molar-refractivity contribution in [3.8, 4) is 0 Å². The SMILES string of the molecule is C1=CSCC1.CN(C)C(=O)c1cc2ccc(C3(C)CCC3)c(F)c2[nH]c1=O. The van der Waals surface area contributed by atoms with Crippen LogP contribution < -0.4 is 5.56 Å². The quantitative estimate of drug-likeness (QED) is 0.827. The summed E-state index contributed by atoms with van der Waals surface area (Å²) in [6, 6.07) is 5.02. The van der Waals surface area contributed by atoms with E-state index in [1.807, 2.05) is 18.7 Å². The Bertz CT molecular complexity index is 939. The lowest BCUT2D eigenvalue weighted by atomic mass is 9.66. The molecule has 0 radical (unpaired) electrons. The minimum absolute atomic E-state index is 0.0273. The highest BCUT2D eigenvalue weighted by atomic mass is 32.2. The van der Waals surface area contributed by atoms with Gasteiger partial charge in [0.25, 0.3) is 11.5 Å². The molecule has 2 aliphatic rings. The Morgan fingerprint density at radius 1 is 1.30 bits per heavy atom. The number of rotatable bonds is 2. The molecular formula is C21H25FN2O2S. The minimum Gasteiger partial charge on any atom is -0.345 e. The smallest absolute Gasteiger partial charge is 0.261 e. The summed E-state index contributed by atoms with van der Waals surface area (Å²) in [5.74, 6) is 0.541. The van der Waals surface area contributed by atoms with Gasteiger partial charge in [-0.2, -0.15) is 0 Å². The maximum Gasteiger partial charge on any atom is 0.261 e. The number of allylic oxidation sites excluding steroid dienone is 1. The lowest BCUT2D eigenvalue weighted by Gasteiger charge is -2.39. The predicted octanol–water partition coefficient (Wildman–Crippen LogP) is 4.45. The summed E-state index contributed by atoms with van der Waals surface area (Å²) in [5.41, 5.74) is 0.160. The van der Waals surface area contributed by atoms with Gasteiger partial charge < -0.3 is 9.88 Å². The number of H-pyrrole nitrogens is 1. The molecule has 1 aromatic carbocycles. The zero-order valence-corrected chi connectivity index (χ0v) is 16.8. The summed E-state index contributed by atoms with van der Waals surface area (Å²) >= 11 is 1.89. The summed E-state index contributed by atoms with van der Waals surface area (Å²) in [7, 11) is 3.15. The first-order valence-corrected chi connectivity index (χ1v) is 10.2. The summed E-state index contributed by atoms with van der Waals surface area (Å²) in [6.07, 6.45) is 6.49. The van der Waals surface area contributed by atoms with Crippen LogP contribution in [0.3, 0.4) is 0 Å². The highest BCUT2D eigenvalue weighted by Crippen LogP contribution is 2.44. The molecule has 6 heteroatoms. The maximum absolute atomic E-state index is 14.8. The molecule has 4 nitrogen and oxygen atoms in total. The average molecular weight is 389 g/mol. The molecule has 0 atom stereocenters. The number of hydrogen-bond acceptors (Lipinski definition) is 3. The molecule has 0 bridgehead atoms. The fourth-order valence-corrected chi connectivity index (χ4v) is 4.10. The number of benzene rings is 1. The van der Waals surface area contributed by atoms with Gasteiger partial charge in [-0.3, -0.25) is 9.59 Å². The Labute approximate surface area is 162 Å². The highest BCUT2D eigenvalue weighted by Gasteiger charge is 2.36. The van der Waals surface area contributed by atoms with Gasteiger partial charge in [-0.05, 0) is 41.7 Å². The summed E-state index contributed by atoms with van der Waals surface area (Å²) < 4.78 is 14.8. The molecule has 2 aromatic rings. The van der Waals surface area contributed by atoms with E-state index in [0.717, 1.165) is 19.3 Å². The minimum atomic E-state index is -0.555. The van der Waals surface area contributed by atoms with Crippen molar-refractivity contribution in [3.63, 3.8) is 0 Å². The Balaban J connectivity index is 0.000000364. The van der Waals surface area contributed by atoms with Crippen molar-refractivity contribution in [1.82, 2.24) is 9.88 Å². The van der Waals surface area contributed by atoms with E-state index in [9.17, 15) is 14.0 Å². The third-order valence-corrected chi connectivity index (χ3v) is 6.15. The van der Waals surface area contributed by atoms with Crippen LogP contribution in [0.5, 0.6) is 0 Å². The van der Waals surface area contributed by atoms with Crippen LogP contribution in [0.25, 0.3) is 10.9 Å². The predicted molar refractivity (Wildman–Crippen MR) is 110 cm³/mol. The van der Waals surface area contributed by atoms with E-state index in [4.69, 9.17) is 0 Å². The van der Waals surface area contributed by atoms with E-state index in [2.05, 4.69) is 16.5 Å². The highest BCUT2D eigenvalue weighted by molar-refractivity contribution is 8.02. The van der Waals surface area contributed by atoms with E-state index in [0.29, 0.717) is 10.9 Å². The third kappa shape index (κ3) is 3.95. The van der Waals surface area contributed by atoms with Crippen LogP contribution in [-0.4, -0.2) is 35.6 Å². The molecule has 1 N–H and O–H groups in total. The second kappa shape index (κ2) is 7.89. The number of halogens is 1. The number of amides is 1. The zero-order chi connectivity index (χ0) is 19.6. The number of carbonyl (C=O) groups is 1. The molecule has 1 aliphatic heterocycles. The molecule has 1 aliphatic carbocycles. The van der Waals surface area contributed by atoms with Gasteiger partial charge in [-0.1, -0.05) is 31.6 Å². The monoisotopic (exact) mass is 388 g/mol. The van der Waals surface area contributed by atoms with Crippen LogP contribution in [0, 0.1) is 5.82 Å². The second-order valence-corrected chi connectivity index (χ2v) is 8.56. The van der Waals surface area contributed by atoms with Gasteiger partial charge in [-0.15, -0.1) is 11.8 Å². The van der Waals surface area contributed by atoms with Crippen molar-refractivity contribution in [3.05, 3.63) is 57.0 Å². The first-order valence-electron chi connectivity index (χ1n) is 9.18. The van der Waals surface area contributed by atoms with Gasteiger partial charge in [0.15, 0.2) is 5.82 Å². The fraction of sp³-hybridized carbons (Fsp3) is 0.429. The van der Waals surface area contributed by atoms with Crippen LogP contribution >= 0.6 is 11.8 Å². The van der Waals surface area contributed by atoms with Gasteiger partial charge in [0.1, 0.15) is 5.56 Å². The van der Waals surface area contributed by atoms with Crippen molar-refractivity contribution in [2.75, 3.05) is 19.8 Å². The van der Waals surface area contributed by atoms with E-state index in [1.165, 1.54) is 23.1 Å². The molecule has 1 saturated carbocycles. The van der Waals surface area contributed by atoms with E-state index < -0.39 is 11.5 Å². The zero-order valence-electron chi connectivity index (χ0n) is 16.0. The first kappa shape index (κ1) is 19.7. The molecule has 2 heterocycles. The third-order valence-electron chi connectivity index (χ3n) is 5.30. The van der Waals surface area contributed by atoms with Gasteiger partial charge in [0.05, 0.1) is 5.52 Å². The maximum atomic E-state index is 14.8.